The zero-order chi connectivity index (χ0) is 18.5. The monoisotopic (exact) mass is 352 g/mol. The van der Waals surface area contributed by atoms with Crippen molar-refractivity contribution in [3.63, 3.8) is 0 Å². The molecule has 2 aromatic carbocycles. The van der Waals surface area contributed by atoms with Crippen LogP contribution in [0.25, 0.3) is 11.3 Å². The lowest BCUT2D eigenvalue weighted by molar-refractivity contribution is 0.0950. The van der Waals surface area contributed by atoms with Crippen molar-refractivity contribution in [1.82, 2.24) is 15.6 Å². The average molecular weight is 352 g/mol. The van der Waals surface area contributed by atoms with Crippen molar-refractivity contribution >= 4 is 11.6 Å². The highest BCUT2D eigenvalue weighted by molar-refractivity contribution is 6.00. The molecule has 6 nitrogen and oxygen atoms in total. The molecule has 3 rings (SSSR count). The summed E-state index contributed by atoms with van der Waals surface area (Å²) in [6, 6.07) is 14.8. The van der Waals surface area contributed by atoms with Crippen LogP contribution in [0.15, 0.2) is 59.7 Å². The minimum absolute atomic E-state index is 0.260. The number of hydrogen-bond donors (Lipinski definition) is 2. The highest BCUT2D eigenvalue weighted by Crippen LogP contribution is 2.18. The number of carbonyl (C=O) groups excluding carboxylic acids is 1. The van der Waals surface area contributed by atoms with Gasteiger partial charge in [-0.25, -0.2) is 9.82 Å². The number of hydrogen-bond acceptors (Lipinski definition) is 4. The first-order chi connectivity index (χ1) is 12.6. The Kier molecular flexibility index (Phi) is 5.07. The van der Waals surface area contributed by atoms with E-state index >= 15 is 0 Å². The fourth-order valence-corrected chi connectivity index (χ4v) is 2.30. The van der Waals surface area contributed by atoms with Crippen LogP contribution >= 0.6 is 0 Å². The van der Waals surface area contributed by atoms with Gasteiger partial charge < -0.3 is 4.74 Å². The number of hydrazone groups is 1. The number of nitrogens with zero attached hydrogens (tertiary/aromatic N) is 2. The van der Waals surface area contributed by atoms with E-state index in [1.54, 1.807) is 32.2 Å². The van der Waals surface area contributed by atoms with Crippen LogP contribution in [0.5, 0.6) is 5.75 Å². The molecule has 0 aliphatic heterocycles. The van der Waals surface area contributed by atoms with Gasteiger partial charge in [0.05, 0.1) is 18.5 Å². The van der Waals surface area contributed by atoms with Gasteiger partial charge in [-0.05, 0) is 67.1 Å². The van der Waals surface area contributed by atoms with E-state index in [2.05, 4.69) is 20.7 Å². The molecule has 3 aromatic rings. The lowest BCUT2D eigenvalue weighted by Gasteiger charge is -2.03. The Labute approximate surface area is 149 Å². The molecule has 0 spiro atoms. The number of methoxy groups -OCH3 is 1. The van der Waals surface area contributed by atoms with Crippen molar-refractivity contribution in [2.24, 2.45) is 5.10 Å². The molecule has 1 aromatic heterocycles. The number of rotatable bonds is 5. The van der Waals surface area contributed by atoms with Gasteiger partial charge in [0.2, 0.25) is 0 Å². The molecule has 0 aliphatic rings. The SMILES string of the molecule is COc1ccc(C(C)=NNC(=O)c2cc(-c3ccc(F)cc3)n[nH]2)cc1. The van der Waals surface area contributed by atoms with Gasteiger partial charge in [-0.15, -0.1) is 0 Å². The zero-order valence-electron chi connectivity index (χ0n) is 14.3. The van der Waals surface area contributed by atoms with Gasteiger partial charge in [-0.2, -0.15) is 10.2 Å². The molecule has 0 unspecified atom stereocenters. The molecule has 0 aliphatic carbocycles. The number of nitrogens with one attached hydrogen (secondary N) is 2. The molecule has 0 fully saturated rings. The second-order valence-corrected chi connectivity index (χ2v) is 5.54. The Morgan fingerprint density at radius 3 is 2.50 bits per heavy atom. The molecule has 1 heterocycles. The summed E-state index contributed by atoms with van der Waals surface area (Å²) < 4.78 is 18.1. The summed E-state index contributed by atoms with van der Waals surface area (Å²) >= 11 is 0. The Hall–Kier alpha value is -3.48. The average Bonchev–Trinajstić information content (AvgIpc) is 3.16. The number of aromatic nitrogens is 2. The van der Waals surface area contributed by atoms with Crippen LogP contribution in [-0.4, -0.2) is 28.9 Å². The maximum Gasteiger partial charge on any atom is 0.289 e. The van der Waals surface area contributed by atoms with Gasteiger partial charge in [0.15, 0.2) is 0 Å². The Morgan fingerprint density at radius 2 is 1.85 bits per heavy atom. The molecule has 132 valence electrons. The van der Waals surface area contributed by atoms with Crippen molar-refractivity contribution in [3.8, 4) is 17.0 Å². The van der Waals surface area contributed by atoms with E-state index in [4.69, 9.17) is 4.74 Å². The van der Waals surface area contributed by atoms with Crippen molar-refractivity contribution in [3.05, 3.63) is 71.7 Å². The number of H-pyrrole nitrogens is 1. The van der Waals surface area contributed by atoms with E-state index in [1.165, 1.54) is 12.1 Å². The largest absolute Gasteiger partial charge is 0.497 e. The predicted molar refractivity (Wildman–Crippen MR) is 96.7 cm³/mol. The van der Waals surface area contributed by atoms with Crippen LogP contribution in [0.2, 0.25) is 0 Å². The van der Waals surface area contributed by atoms with Crippen molar-refractivity contribution < 1.29 is 13.9 Å². The van der Waals surface area contributed by atoms with E-state index in [0.717, 1.165) is 11.3 Å². The molecule has 1 amide bonds. The number of amides is 1. The number of halogens is 1. The standard InChI is InChI=1S/C19H17FN4O2/c1-12(13-5-9-16(26-2)10-6-13)21-24-19(25)18-11-17(22-23-18)14-3-7-15(20)8-4-14/h3-11H,1-2H3,(H,22,23)(H,24,25). The van der Waals surface area contributed by atoms with Gasteiger partial charge in [-0.1, -0.05) is 0 Å². The number of benzene rings is 2. The van der Waals surface area contributed by atoms with Gasteiger partial charge in [-0.3, -0.25) is 9.89 Å². The summed E-state index contributed by atoms with van der Waals surface area (Å²) in [4.78, 5) is 12.2. The molecule has 0 saturated heterocycles. The molecule has 26 heavy (non-hydrogen) atoms. The normalized spacial score (nSPS) is 11.3. The number of ether oxygens (including phenoxy) is 1. The second kappa shape index (κ2) is 7.60. The summed E-state index contributed by atoms with van der Waals surface area (Å²) in [5, 5.41) is 10.8. The van der Waals surface area contributed by atoms with Crippen LogP contribution in [0.3, 0.4) is 0 Å². The lowest BCUT2D eigenvalue weighted by atomic mass is 10.1. The van der Waals surface area contributed by atoms with E-state index in [1.807, 2.05) is 24.3 Å². The lowest BCUT2D eigenvalue weighted by Crippen LogP contribution is -2.19. The smallest absolute Gasteiger partial charge is 0.289 e. The third-order valence-corrected chi connectivity index (χ3v) is 3.80. The van der Waals surface area contributed by atoms with Gasteiger partial charge in [0, 0.05) is 5.56 Å². The van der Waals surface area contributed by atoms with Gasteiger partial charge in [0.25, 0.3) is 5.91 Å². The molecule has 2 N–H and O–H groups in total. The maximum absolute atomic E-state index is 13.0. The Morgan fingerprint density at radius 1 is 1.15 bits per heavy atom. The van der Waals surface area contributed by atoms with Gasteiger partial charge >= 0.3 is 0 Å². The Bertz CT molecular complexity index is 931. The highest BCUT2D eigenvalue weighted by Gasteiger charge is 2.11. The summed E-state index contributed by atoms with van der Waals surface area (Å²) in [5.74, 6) is 0.000637. The molecule has 0 saturated carbocycles. The van der Waals surface area contributed by atoms with Crippen LogP contribution in [0, 0.1) is 5.82 Å². The number of aromatic amines is 1. The topological polar surface area (TPSA) is 79.4 Å². The van der Waals surface area contributed by atoms with Crippen molar-refractivity contribution in [1.29, 1.82) is 0 Å². The Balaban J connectivity index is 1.68. The zero-order valence-corrected chi connectivity index (χ0v) is 14.3. The van der Waals surface area contributed by atoms with E-state index in [-0.39, 0.29) is 11.5 Å². The molecular formula is C19H17FN4O2. The summed E-state index contributed by atoms with van der Waals surface area (Å²) in [6.45, 7) is 1.79. The van der Waals surface area contributed by atoms with Crippen molar-refractivity contribution in [2.75, 3.05) is 7.11 Å². The fourth-order valence-electron chi connectivity index (χ4n) is 2.30. The molecule has 0 bridgehead atoms. The minimum atomic E-state index is -0.418. The third-order valence-electron chi connectivity index (χ3n) is 3.80. The first-order valence-corrected chi connectivity index (χ1v) is 7.87. The molecule has 0 radical (unpaired) electrons. The van der Waals surface area contributed by atoms with Gasteiger partial charge in [0.1, 0.15) is 17.3 Å². The fraction of sp³-hybridized carbons (Fsp3) is 0.105. The van der Waals surface area contributed by atoms with Crippen LogP contribution in [0.1, 0.15) is 23.0 Å². The first kappa shape index (κ1) is 17.3. The molecule has 7 heteroatoms. The summed E-state index contributed by atoms with van der Waals surface area (Å²) in [5.41, 5.74) is 5.52. The highest BCUT2D eigenvalue weighted by atomic mass is 19.1. The summed E-state index contributed by atoms with van der Waals surface area (Å²) in [7, 11) is 1.60. The minimum Gasteiger partial charge on any atom is -0.497 e. The quantitative estimate of drug-likeness (QED) is 0.546. The van der Waals surface area contributed by atoms with E-state index in [9.17, 15) is 9.18 Å². The van der Waals surface area contributed by atoms with Crippen LogP contribution in [0.4, 0.5) is 4.39 Å². The number of carbonyl (C=O) groups is 1. The molecule has 0 atom stereocenters. The van der Waals surface area contributed by atoms with E-state index < -0.39 is 5.91 Å². The van der Waals surface area contributed by atoms with Crippen LogP contribution in [-0.2, 0) is 0 Å². The van der Waals surface area contributed by atoms with E-state index in [0.29, 0.717) is 17.0 Å². The molecular weight excluding hydrogens is 335 g/mol. The summed E-state index contributed by atoms with van der Waals surface area (Å²) in [6.07, 6.45) is 0. The second-order valence-electron chi connectivity index (χ2n) is 5.54. The van der Waals surface area contributed by atoms with Crippen LogP contribution < -0.4 is 10.2 Å². The first-order valence-electron chi connectivity index (χ1n) is 7.87. The van der Waals surface area contributed by atoms with Crippen molar-refractivity contribution in [2.45, 2.75) is 6.92 Å². The predicted octanol–water partition coefficient (Wildman–Crippen LogP) is 3.38. The maximum atomic E-state index is 13.0. The third kappa shape index (κ3) is 3.94.